The Labute approximate surface area is 182 Å². The van der Waals surface area contributed by atoms with Crippen molar-refractivity contribution in [1.82, 2.24) is 14.8 Å². The number of para-hydroxylation sites is 1. The van der Waals surface area contributed by atoms with E-state index >= 15 is 0 Å². The van der Waals surface area contributed by atoms with E-state index in [-0.39, 0.29) is 11.8 Å². The van der Waals surface area contributed by atoms with Crippen molar-refractivity contribution in [2.45, 2.75) is 44.8 Å². The second kappa shape index (κ2) is 8.44. The standard InChI is InChI=1S/C25H28ClN3O/c26-23-7-3-1-6-20(23)16-29-22(15-19-5-2-4-8-24(19)29)17-28-13-11-18(12-14-28)25(30)27-21-9-10-21/h1-8,15,18,21H,9-14,16-17H2,(H,27,30). The van der Waals surface area contributed by atoms with E-state index in [0.717, 1.165) is 62.4 Å². The third kappa shape index (κ3) is 4.26. The number of hydrogen-bond donors (Lipinski definition) is 1. The van der Waals surface area contributed by atoms with Crippen LogP contribution in [0.1, 0.15) is 36.9 Å². The second-order valence-electron chi connectivity index (χ2n) is 8.71. The first kappa shape index (κ1) is 19.7. The van der Waals surface area contributed by atoms with Gasteiger partial charge in [-0.3, -0.25) is 9.69 Å². The quantitative estimate of drug-likeness (QED) is 0.618. The Balaban J connectivity index is 1.32. The molecule has 2 heterocycles. The smallest absolute Gasteiger partial charge is 0.223 e. The Morgan fingerprint density at radius 3 is 2.47 bits per heavy atom. The fourth-order valence-electron chi connectivity index (χ4n) is 4.51. The molecule has 1 amide bonds. The average Bonchev–Trinajstić information content (AvgIpc) is 3.51. The summed E-state index contributed by atoms with van der Waals surface area (Å²) in [6.45, 7) is 3.60. The highest BCUT2D eigenvalue weighted by atomic mass is 35.5. The molecular formula is C25H28ClN3O. The maximum Gasteiger partial charge on any atom is 0.223 e. The van der Waals surface area contributed by atoms with E-state index in [2.05, 4.69) is 51.2 Å². The number of fused-ring (bicyclic) bond motifs is 1. The summed E-state index contributed by atoms with van der Waals surface area (Å²) >= 11 is 6.46. The van der Waals surface area contributed by atoms with Crippen molar-refractivity contribution in [3.8, 4) is 0 Å². The molecule has 1 saturated heterocycles. The van der Waals surface area contributed by atoms with Crippen LogP contribution in [0.2, 0.25) is 5.02 Å². The Kier molecular flexibility index (Phi) is 5.53. The van der Waals surface area contributed by atoms with Crippen LogP contribution in [-0.2, 0) is 17.9 Å². The van der Waals surface area contributed by atoms with Crippen molar-refractivity contribution in [1.29, 1.82) is 0 Å². The summed E-state index contributed by atoms with van der Waals surface area (Å²) in [5.74, 6) is 0.445. The van der Waals surface area contributed by atoms with Crippen LogP contribution < -0.4 is 5.32 Å². The lowest BCUT2D eigenvalue weighted by Crippen LogP contribution is -2.41. The zero-order valence-corrected chi connectivity index (χ0v) is 17.9. The normalized spacial score (nSPS) is 18.0. The highest BCUT2D eigenvalue weighted by Crippen LogP contribution is 2.27. The van der Waals surface area contributed by atoms with Crippen molar-refractivity contribution >= 4 is 28.4 Å². The molecule has 4 nitrogen and oxygen atoms in total. The lowest BCUT2D eigenvalue weighted by Gasteiger charge is -2.31. The van der Waals surface area contributed by atoms with Crippen LogP contribution in [0.15, 0.2) is 54.6 Å². The summed E-state index contributed by atoms with van der Waals surface area (Å²) in [6, 6.07) is 19.4. The molecule has 5 heteroatoms. The van der Waals surface area contributed by atoms with Crippen molar-refractivity contribution < 1.29 is 4.79 Å². The molecule has 156 valence electrons. The van der Waals surface area contributed by atoms with Crippen LogP contribution in [0.4, 0.5) is 0 Å². The van der Waals surface area contributed by atoms with Crippen molar-refractivity contribution in [3.63, 3.8) is 0 Å². The number of carbonyl (C=O) groups excluding carboxylic acids is 1. The zero-order chi connectivity index (χ0) is 20.5. The molecule has 2 aromatic carbocycles. The number of nitrogens with one attached hydrogen (secondary N) is 1. The van der Waals surface area contributed by atoms with Gasteiger partial charge in [0.2, 0.25) is 5.91 Å². The zero-order valence-electron chi connectivity index (χ0n) is 17.2. The summed E-state index contributed by atoms with van der Waals surface area (Å²) in [7, 11) is 0. The van der Waals surface area contributed by atoms with E-state index in [4.69, 9.17) is 11.6 Å². The number of rotatable bonds is 6. The second-order valence-corrected chi connectivity index (χ2v) is 9.11. The van der Waals surface area contributed by atoms with E-state index in [0.29, 0.717) is 6.04 Å². The first-order valence-corrected chi connectivity index (χ1v) is 11.4. The molecule has 0 unspecified atom stereocenters. The largest absolute Gasteiger partial charge is 0.353 e. The van der Waals surface area contributed by atoms with E-state index < -0.39 is 0 Å². The number of amides is 1. The van der Waals surface area contributed by atoms with E-state index in [1.807, 2.05) is 18.2 Å². The van der Waals surface area contributed by atoms with Gasteiger partial charge in [0.05, 0.1) is 0 Å². The molecule has 2 fully saturated rings. The van der Waals surface area contributed by atoms with Gasteiger partial charge in [-0.1, -0.05) is 48.0 Å². The molecule has 5 rings (SSSR count). The van der Waals surface area contributed by atoms with Crippen molar-refractivity contribution in [2.75, 3.05) is 13.1 Å². The van der Waals surface area contributed by atoms with E-state index in [1.165, 1.54) is 16.6 Å². The van der Waals surface area contributed by atoms with Gasteiger partial charge < -0.3 is 9.88 Å². The Bertz CT molecular complexity index is 1050. The van der Waals surface area contributed by atoms with Crippen LogP contribution in [0, 0.1) is 5.92 Å². The van der Waals surface area contributed by atoms with Gasteiger partial charge in [-0.2, -0.15) is 0 Å². The molecule has 0 radical (unpaired) electrons. The maximum absolute atomic E-state index is 12.4. The van der Waals surface area contributed by atoms with Gasteiger partial charge in [0, 0.05) is 41.3 Å². The average molecular weight is 422 g/mol. The molecule has 30 heavy (non-hydrogen) atoms. The van der Waals surface area contributed by atoms with Crippen LogP contribution in [0.3, 0.4) is 0 Å². The summed E-state index contributed by atoms with van der Waals surface area (Å²) in [6.07, 6.45) is 4.20. The molecular weight excluding hydrogens is 394 g/mol. The molecule has 1 aromatic heterocycles. The Morgan fingerprint density at radius 1 is 0.967 bits per heavy atom. The summed E-state index contributed by atoms with van der Waals surface area (Å²) < 4.78 is 2.39. The number of nitrogens with zero attached hydrogens (tertiary/aromatic N) is 2. The monoisotopic (exact) mass is 421 g/mol. The predicted molar refractivity (Wildman–Crippen MR) is 122 cm³/mol. The van der Waals surface area contributed by atoms with Gasteiger partial charge >= 0.3 is 0 Å². The fourth-order valence-corrected chi connectivity index (χ4v) is 4.71. The number of aromatic nitrogens is 1. The van der Waals surface area contributed by atoms with Gasteiger partial charge in [0.1, 0.15) is 0 Å². The minimum absolute atomic E-state index is 0.177. The minimum Gasteiger partial charge on any atom is -0.353 e. The molecule has 1 aliphatic heterocycles. The lowest BCUT2D eigenvalue weighted by atomic mass is 9.96. The van der Waals surface area contributed by atoms with E-state index in [1.54, 1.807) is 0 Å². The summed E-state index contributed by atoms with van der Waals surface area (Å²) in [4.78, 5) is 14.9. The van der Waals surface area contributed by atoms with Crippen LogP contribution in [-0.4, -0.2) is 34.5 Å². The number of benzene rings is 2. The molecule has 0 spiro atoms. The van der Waals surface area contributed by atoms with Gasteiger partial charge in [-0.15, -0.1) is 0 Å². The molecule has 0 bridgehead atoms. The Morgan fingerprint density at radius 2 is 1.70 bits per heavy atom. The number of hydrogen-bond acceptors (Lipinski definition) is 2. The van der Waals surface area contributed by atoms with Crippen LogP contribution in [0.5, 0.6) is 0 Å². The number of likely N-dealkylation sites (tertiary alicyclic amines) is 1. The van der Waals surface area contributed by atoms with Gasteiger partial charge in [-0.25, -0.2) is 0 Å². The van der Waals surface area contributed by atoms with Crippen molar-refractivity contribution in [3.05, 3.63) is 70.9 Å². The molecule has 0 atom stereocenters. The van der Waals surface area contributed by atoms with Crippen molar-refractivity contribution in [2.24, 2.45) is 5.92 Å². The molecule has 1 saturated carbocycles. The number of carbonyl (C=O) groups is 1. The third-order valence-electron chi connectivity index (χ3n) is 6.45. The molecule has 1 aliphatic carbocycles. The SMILES string of the molecule is O=C(NC1CC1)C1CCN(Cc2cc3ccccc3n2Cc2ccccc2Cl)CC1. The molecule has 1 N–H and O–H groups in total. The van der Waals surface area contributed by atoms with E-state index in [9.17, 15) is 4.79 Å². The summed E-state index contributed by atoms with van der Waals surface area (Å²) in [5, 5.41) is 5.24. The third-order valence-corrected chi connectivity index (χ3v) is 6.82. The minimum atomic E-state index is 0.177. The van der Waals surface area contributed by atoms with Crippen LogP contribution >= 0.6 is 11.6 Å². The fraction of sp³-hybridized carbons (Fsp3) is 0.400. The first-order valence-electron chi connectivity index (χ1n) is 11.0. The highest BCUT2D eigenvalue weighted by Gasteiger charge is 2.30. The molecule has 2 aliphatic rings. The Hall–Kier alpha value is -2.30. The number of halogens is 1. The predicted octanol–water partition coefficient (Wildman–Crippen LogP) is 4.83. The molecule has 3 aromatic rings. The summed E-state index contributed by atoms with van der Waals surface area (Å²) in [5.41, 5.74) is 3.68. The maximum atomic E-state index is 12.4. The lowest BCUT2D eigenvalue weighted by molar-refractivity contribution is -0.126. The topological polar surface area (TPSA) is 37.3 Å². The number of piperidine rings is 1. The highest BCUT2D eigenvalue weighted by molar-refractivity contribution is 6.31. The first-order chi connectivity index (χ1) is 14.7. The van der Waals surface area contributed by atoms with Gasteiger partial charge in [0.25, 0.3) is 0 Å². The van der Waals surface area contributed by atoms with Gasteiger partial charge in [0.15, 0.2) is 0 Å². The van der Waals surface area contributed by atoms with Gasteiger partial charge in [-0.05, 0) is 67.9 Å². The van der Waals surface area contributed by atoms with Crippen LogP contribution in [0.25, 0.3) is 10.9 Å².